The first kappa shape index (κ1) is 13.8. The summed E-state index contributed by atoms with van der Waals surface area (Å²) in [5.41, 5.74) is 2.95. The number of thioether (sulfide) groups is 1. The van der Waals surface area contributed by atoms with E-state index in [4.69, 9.17) is 0 Å². The molecular weight excluding hydrogens is 188 g/mol. The van der Waals surface area contributed by atoms with Gasteiger partial charge in [-0.05, 0) is 38.9 Å². The minimum atomic E-state index is 0.747. The molecule has 0 aliphatic carbocycles. The largest absolute Gasteiger partial charge is 0.155 e. The van der Waals surface area contributed by atoms with Crippen LogP contribution in [0.2, 0.25) is 0 Å². The molecule has 0 amide bonds. The van der Waals surface area contributed by atoms with Gasteiger partial charge in [-0.3, -0.25) is 0 Å². The van der Waals surface area contributed by atoms with Crippen molar-refractivity contribution in [3.05, 3.63) is 23.3 Å². The van der Waals surface area contributed by atoms with Crippen molar-refractivity contribution in [2.45, 2.75) is 52.7 Å². The minimum absolute atomic E-state index is 0.747. The summed E-state index contributed by atoms with van der Waals surface area (Å²) in [6.07, 6.45) is 7.08. The highest BCUT2D eigenvalue weighted by atomic mass is 32.2. The highest BCUT2D eigenvalue weighted by Gasteiger charge is 1.92. The summed E-state index contributed by atoms with van der Waals surface area (Å²) < 4.78 is 0. The molecule has 0 heterocycles. The average molecular weight is 212 g/mol. The Morgan fingerprint density at radius 1 is 1.14 bits per heavy atom. The van der Waals surface area contributed by atoms with Crippen molar-refractivity contribution in [3.63, 3.8) is 0 Å². The third-order valence-corrected chi connectivity index (χ3v) is 2.98. The molecule has 0 saturated heterocycles. The molecule has 0 bridgehead atoms. The van der Waals surface area contributed by atoms with Gasteiger partial charge in [0.2, 0.25) is 0 Å². The van der Waals surface area contributed by atoms with E-state index in [9.17, 15) is 0 Å². The molecule has 82 valence electrons. The summed E-state index contributed by atoms with van der Waals surface area (Å²) in [6.45, 7) is 11.1. The Labute approximate surface area is 93.9 Å². The van der Waals surface area contributed by atoms with Crippen molar-refractivity contribution in [2.75, 3.05) is 5.75 Å². The molecule has 0 saturated carbocycles. The molecule has 0 N–H and O–H groups in total. The number of rotatable bonds is 6. The van der Waals surface area contributed by atoms with Crippen molar-refractivity contribution in [2.24, 2.45) is 0 Å². The van der Waals surface area contributed by atoms with Crippen LogP contribution in [0.5, 0.6) is 0 Å². The van der Waals surface area contributed by atoms with Crippen molar-refractivity contribution in [1.29, 1.82) is 0 Å². The van der Waals surface area contributed by atoms with Crippen LogP contribution in [0.25, 0.3) is 0 Å². The smallest absolute Gasteiger partial charge is 0.0118 e. The first-order chi connectivity index (χ1) is 6.52. The van der Waals surface area contributed by atoms with E-state index in [1.807, 2.05) is 11.8 Å². The van der Waals surface area contributed by atoms with Gasteiger partial charge < -0.3 is 0 Å². The van der Waals surface area contributed by atoms with Gasteiger partial charge in [-0.2, -0.15) is 11.8 Å². The molecule has 0 spiro atoms. The second-order valence-electron chi connectivity index (χ2n) is 4.25. The summed E-state index contributed by atoms with van der Waals surface area (Å²) >= 11 is 2.01. The number of hydrogen-bond acceptors (Lipinski definition) is 1. The predicted molar refractivity (Wildman–Crippen MR) is 70.0 cm³/mol. The lowest BCUT2D eigenvalue weighted by atomic mass is 10.1. The second kappa shape index (κ2) is 8.16. The Hall–Kier alpha value is -0.170. The van der Waals surface area contributed by atoms with Crippen LogP contribution in [0.4, 0.5) is 0 Å². The second-order valence-corrected chi connectivity index (χ2v) is 5.86. The van der Waals surface area contributed by atoms with E-state index < -0.39 is 0 Å². The molecule has 0 unspecified atom stereocenters. The maximum atomic E-state index is 2.36. The standard InChI is InChI=1S/C13H24S/c1-11(2)7-6-8-13(5)9-10-14-12(3)4/h7,9,12H,6,8,10H2,1-5H3/b13-9-. The molecule has 0 fully saturated rings. The van der Waals surface area contributed by atoms with Crippen molar-refractivity contribution < 1.29 is 0 Å². The Balaban J connectivity index is 3.62. The zero-order valence-electron chi connectivity index (χ0n) is 10.3. The summed E-state index contributed by atoms with van der Waals surface area (Å²) in [6, 6.07) is 0. The molecule has 0 nitrogen and oxygen atoms in total. The van der Waals surface area contributed by atoms with Gasteiger partial charge in [-0.15, -0.1) is 0 Å². The van der Waals surface area contributed by atoms with Gasteiger partial charge in [0.15, 0.2) is 0 Å². The number of allylic oxidation sites excluding steroid dienone is 3. The van der Waals surface area contributed by atoms with E-state index >= 15 is 0 Å². The Kier molecular flexibility index (Phi) is 8.07. The van der Waals surface area contributed by atoms with Crippen LogP contribution in [0.1, 0.15) is 47.5 Å². The average Bonchev–Trinajstić information content (AvgIpc) is 2.02. The third kappa shape index (κ3) is 9.91. The molecule has 1 heteroatoms. The monoisotopic (exact) mass is 212 g/mol. The lowest BCUT2D eigenvalue weighted by Crippen LogP contribution is -1.88. The zero-order chi connectivity index (χ0) is 11.0. The van der Waals surface area contributed by atoms with Crippen molar-refractivity contribution >= 4 is 11.8 Å². The van der Waals surface area contributed by atoms with Crippen LogP contribution in [-0.2, 0) is 0 Å². The fourth-order valence-corrected chi connectivity index (χ4v) is 1.84. The lowest BCUT2D eigenvalue weighted by molar-refractivity contribution is 0.964. The van der Waals surface area contributed by atoms with Crippen LogP contribution in [-0.4, -0.2) is 11.0 Å². The summed E-state index contributed by atoms with van der Waals surface area (Å²) in [5, 5.41) is 0.747. The van der Waals surface area contributed by atoms with Gasteiger partial charge in [-0.1, -0.05) is 37.1 Å². The van der Waals surface area contributed by atoms with E-state index in [-0.39, 0.29) is 0 Å². The highest BCUT2D eigenvalue weighted by Crippen LogP contribution is 2.12. The predicted octanol–water partition coefficient (Wildman–Crippen LogP) is 4.82. The van der Waals surface area contributed by atoms with Gasteiger partial charge in [0, 0.05) is 5.75 Å². The van der Waals surface area contributed by atoms with Crippen LogP contribution in [0.3, 0.4) is 0 Å². The van der Waals surface area contributed by atoms with Crippen LogP contribution < -0.4 is 0 Å². The molecule has 0 rings (SSSR count). The SMILES string of the molecule is CC(C)=CCC/C(C)=C\CSC(C)C. The van der Waals surface area contributed by atoms with E-state index in [1.165, 1.54) is 29.7 Å². The molecule has 0 radical (unpaired) electrons. The van der Waals surface area contributed by atoms with Gasteiger partial charge >= 0.3 is 0 Å². The summed E-state index contributed by atoms with van der Waals surface area (Å²) in [4.78, 5) is 0. The molecule has 0 aliphatic heterocycles. The molecular formula is C13H24S. The Morgan fingerprint density at radius 2 is 1.79 bits per heavy atom. The topological polar surface area (TPSA) is 0 Å². The van der Waals surface area contributed by atoms with Gasteiger partial charge in [0.1, 0.15) is 0 Å². The van der Waals surface area contributed by atoms with Gasteiger partial charge in [0.05, 0.1) is 0 Å². The van der Waals surface area contributed by atoms with Crippen LogP contribution >= 0.6 is 11.8 Å². The van der Waals surface area contributed by atoms with E-state index in [1.54, 1.807) is 0 Å². The fourth-order valence-electron chi connectivity index (χ4n) is 1.07. The van der Waals surface area contributed by atoms with Crippen molar-refractivity contribution in [3.8, 4) is 0 Å². The maximum Gasteiger partial charge on any atom is 0.0118 e. The van der Waals surface area contributed by atoms with Crippen LogP contribution in [0.15, 0.2) is 23.3 Å². The Morgan fingerprint density at radius 3 is 2.29 bits per heavy atom. The molecule has 0 aromatic heterocycles. The van der Waals surface area contributed by atoms with Crippen molar-refractivity contribution in [1.82, 2.24) is 0 Å². The number of hydrogen-bond donors (Lipinski definition) is 0. The first-order valence-electron chi connectivity index (χ1n) is 5.43. The fraction of sp³-hybridized carbons (Fsp3) is 0.692. The van der Waals surface area contributed by atoms with Gasteiger partial charge in [-0.25, -0.2) is 0 Å². The molecule has 14 heavy (non-hydrogen) atoms. The van der Waals surface area contributed by atoms with E-state index in [0.717, 1.165) is 5.25 Å². The highest BCUT2D eigenvalue weighted by molar-refractivity contribution is 8.00. The first-order valence-corrected chi connectivity index (χ1v) is 6.48. The molecule has 0 aromatic carbocycles. The maximum absolute atomic E-state index is 2.36. The lowest BCUT2D eigenvalue weighted by Gasteiger charge is -2.02. The summed E-state index contributed by atoms with van der Waals surface area (Å²) in [5.74, 6) is 1.17. The quantitative estimate of drug-likeness (QED) is 0.569. The minimum Gasteiger partial charge on any atom is -0.155 e. The van der Waals surface area contributed by atoms with Gasteiger partial charge in [0.25, 0.3) is 0 Å². The molecule has 0 aliphatic rings. The van der Waals surface area contributed by atoms with E-state index in [0.29, 0.717) is 0 Å². The zero-order valence-corrected chi connectivity index (χ0v) is 11.1. The molecule has 0 aromatic rings. The normalized spacial score (nSPS) is 12.0. The molecule has 0 atom stereocenters. The summed E-state index contributed by atoms with van der Waals surface area (Å²) in [7, 11) is 0. The Bertz CT molecular complexity index is 195. The van der Waals surface area contributed by atoms with Crippen LogP contribution in [0, 0.1) is 0 Å². The van der Waals surface area contributed by atoms with E-state index in [2.05, 4.69) is 46.8 Å². The third-order valence-electron chi connectivity index (χ3n) is 1.95.